The van der Waals surface area contributed by atoms with Gasteiger partial charge in [0.2, 0.25) is 5.82 Å². The first-order chi connectivity index (χ1) is 16.8. The van der Waals surface area contributed by atoms with Crippen molar-refractivity contribution in [3.8, 4) is 22.6 Å². The highest BCUT2D eigenvalue weighted by Gasteiger charge is 2.13. The quantitative estimate of drug-likeness (QED) is 0.359. The first-order valence-corrected chi connectivity index (χ1v) is 11.5. The molecule has 3 heterocycles. The first kappa shape index (κ1) is 21.6. The molecule has 1 N–H and O–H groups in total. The summed E-state index contributed by atoms with van der Waals surface area (Å²) in [7, 11) is 0. The maximum absolute atomic E-state index is 4.84. The van der Waals surface area contributed by atoms with Gasteiger partial charge in [-0.2, -0.15) is 10.3 Å². The molecule has 2 aromatic carbocycles. The highest BCUT2D eigenvalue weighted by atomic mass is 15.5. The fourth-order valence-electron chi connectivity index (χ4n) is 4.01. The van der Waals surface area contributed by atoms with E-state index < -0.39 is 0 Å². The summed E-state index contributed by atoms with van der Waals surface area (Å²) in [5.74, 6) is 2.43. The summed E-state index contributed by atoms with van der Waals surface area (Å²) in [5.41, 5.74) is 5.19. The molecule has 3 aromatic heterocycles. The average molecular weight is 451 g/mol. The normalized spacial score (nSPS) is 11.1. The molecule has 0 spiro atoms. The number of hydrogen-bond acceptors (Lipinski definition) is 6. The van der Waals surface area contributed by atoms with Crippen LogP contribution in [0.3, 0.4) is 0 Å². The number of rotatable bonds is 9. The molecule has 0 aliphatic carbocycles. The molecule has 5 rings (SSSR count). The summed E-state index contributed by atoms with van der Waals surface area (Å²) in [6, 6.07) is 22.9. The second kappa shape index (κ2) is 10.2. The molecule has 0 bridgehead atoms. The summed E-state index contributed by atoms with van der Waals surface area (Å²) in [4.78, 5) is 9.29. The van der Waals surface area contributed by atoms with Crippen molar-refractivity contribution in [2.75, 3.05) is 0 Å². The maximum Gasteiger partial charge on any atom is 0.223 e. The standard InChI is InChI=1S/C26H26N8/c1-2-7-24-28-23(16-13-19-8-4-3-5-9-19)31-34(24)18-20-11-14-21(15-12-20)22-10-6-17-27-25(22)26-29-32-33-30-26/h3-6,8-12,14-15,17H,2,7,13,16,18H2,1H3,(H,29,30,32,33). The van der Waals surface area contributed by atoms with E-state index in [1.54, 1.807) is 6.20 Å². The van der Waals surface area contributed by atoms with Crippen LogP contribution in [0.15, 0.2) is 72.9 Å². The molecule has 0 atom stereocenters. The van der Waals surface area contributed by atoms with Gasteiger partial charge >= 0.3 is 0 Å². The van der Waals surface area contributed by atoms with E-state index in [9.17, 15) is 0 Å². The number of nitrogens with one attached hydrogen (secondary N) is 1. The smallest absolute Gasteiger partial charge is 0.223 e. The van der Waals surface area contributed by atoms with E-state index in [-0.39, 0.29) is 0 Å². The molecular weight excluding hydrogens is 424 g/mol. The lowest BCUT2D eigenvalue weighted by Crippen LogP contribution is -2.07. The number of benzene rings is 2. The monoisotopic (exact) mass is 450 g/mol. The molecule has 0 saturated heterocycles. The summed E-state index contributed by atoms with van der Waals surface area (Å²) < 4.78 is 2.05. The number of H-pyrrole nitrogens is 1. The third-order valence-corrected chi connectivity index (χ3v) is 5.71. The zero-order valence-electron chi connectivity index (χ0n) is 19.1. The number of pyridine rings is 1. The zero-order chi connectivity index (χ0) is 23.2. The van der Waals surface area contributed by atoms with E-state index in [1.165, 1.54) is 11.1 Å². The van der Waals surface area contributed by atoms with Crippen LogP contribution in [0.4, 0.5) is 0 Å². The van der Waals surface area contributed by atoms with Gasteiger partial charge in [0.25, 0.3) is 0 Å². The second-order valence-corrected chi connectivity index (χ2v) is 8.17. The lowest BCUT2D eigenvalue weighted by atomic mass is 10.0. The molecule has 8 heteroatoms. The van der Waals surface area contributed by atoms with Gasteiger partial charge in [0.1, 0.15) is 11.5 Å². The minimum Gasteiger partial charge on any atom is -0.252 e. The fourth-order valence-corrected chi connectivity index (χ4v) is 4.01. The Hall–Kier alpha value is -4.20. The number of aromatic nitrogens is 8. The number of hydrogen-bond donors (Lipinski definition) is 1. The third kappa shape index (κ3) is 4.91. The van der Waals surface area contributed by atoms with E-state index in [0.717, 1.165) is 48.5 Å². The molecule has 0 radical (unpaired) electrons. The SMILES string of the molecule is CCCc1nc(CCc2ccccc2)nn1Cc1ccc(-c2cccnc2-c2nn[nH]n2)cc1. The Balaban J connectivity index is 1.34. The van der Waals surface area contributed by atoms with Crippen LogP contribution in [-0.2, 0) is 25.8 Å². The first-order valence-electron chi connectivity index (χ1n) is 11.5. The van der Waals surface area contributed by atoms with E-state index in [0.29, 0.717) is 18.1 Å². The van der Waals surface area contributed by atoms with Gasteiger partial charge in [-0.1, -0.05) is 67.6 Å². The minimum absolute atomic E-state index is 0.481. The van der Waals surface area contributed by atoms with Gasteiger partial charge in [-0.3, -0.25) is 4.98 Å². The molecule has 34 heavy (non-hydrogen) atoms. The van der Waals surface area contributed by atoms with Gasteiger partial charge in [0.05, 0.1) is 6.54 Å². The van der Waals surface area contributed by atoms with E-state index in [4.69, 9.17) is 10.1 Å². The largest absolute Gasteiger partial charge is 0.252 e. The molecule has 0 aliphatic heterocycles. The molecule has 0 aliphatic rings. The van der Waals surface area contributed by atoms with Crippen LogP contribution in [-0.4, -0.2) is 40.4 Å². The third-order valence-electron chi connectivity index (χ3n) is 5.71. The molecule has 0 amide bonds. The number of aryl methyl sites for hydroxylation is 3. The molecule has 0 unspecified atom stereocenters. The van der Waals surface area contributed by atoms with Crippen LogP contribution in [0.5, 0.6) is 0 Å². The molecule has 0 saturated carbocycles. The maximum atomic E-state index is 4.84. The lowest BCUT2D eigenvalue weighted by molar-refractivity contribution is 0.624. The van der Waals surface area contributed by atoms with Gasteiger partial charge in [-0.15, -0.1) is 10.2 Å². The molecule has 0 fully saturated rings. The Bertz CT molecular complexity index is 1330. The van der Waals surface area contributed by atoms with Crippen molar-refractivity contribution < 1.29 is 0 Å². The Morgan fingerprint density at radius 2 is 1.71 bits per heavy atom. The predicted octanol–water partition coefficient (Wildman–Crippen LogP) is 4.31. The van der Waals surface area contributed by atoms with Gasteiger partial charge in [-0.05, 0) is 40.8 Å². The second-order valence-electron chi connectivity index (χ2n) is 8.17. The predicted molar refractivity (Wildman–Crippen MR) is 130 cm³/mol. The minimum atomic E-state index is 0.481. The number of tetrazole rings is 1. The van der Waals surface area contributed by atoms with Crippen molar-refractivity contribution in [1.82, 2.24) is 40.4 Å². The van der Waals surface area contributed by atoms with Crippen molar-refractivity contribution in [3.63, 3.8) is 0 Å². The van der Waals surface area contributed by atoms with Crippen LogP contribution < -0.4 is 0 Å². The summed E-state index contributed by atoms with van der Waals surface area (Å²) in [6.45, 7) is 2.87. The Kier molecular flexibility index (Phi) is 6.47. The molecule has 170 valence electrons. The van der Waals surface area contributed by atoms with Crippen molar-refractivity contribution in [2.24, 2.45) is 0 Å². The zero-order valence-corrected chi connectivity index (χ0v) is 19.1. The summed E-state index contributed by atoms with van der Waals surface area (Å²) in [6.07, 6.45) is 5.47. The van der Waals surface area contributed by atoms with Crippen LogP contribution in [0.2, 0.25) is 0 Å². The summed E-state index contributed by atoms with van der Waals surface area (Å²) in [5, 5.41) is 19.2. The van der Waals surface area contributed by atoms with Gasteiger partial charge in [0.15, 0.2) is 5.82 Å². The topological polar surface area (TPSA) is 98.1 Å². The highest BCUT2D eigenvalue weighted by Crippen LogP contribution is 2.28. The number of aromatic amines is 1. The van der Waals surface area contributed by atoms with Crippen LogP contribution >= 0.6 is 0 Å². The van der Waals surface area contributed by atoms with Crippen molar-refractivity contribution >= 4 is 0 Å². The van der Waals surface area contributed by atoms with Crippen LogP contribution in [0.25, 0.3) is 22.6 Å². The fraction of sp³-hybridized carbons (Fsp3) is 0.231. The molecule has 5 aromatic rings. The van der Waals surface area contributed by atoms with Crippen LogP contribution in [0.1, 0.15) is 36.1 Å². The molecular formula is C26H26N8. The average Bonchev–Trinajstić information content (AvgIpc) is 3.55. The Labute approximate surface area is 198 Å². The van der Waals surface area contributed by atoms with E-state index in [2.05, 4.69) is 81.1 Å². The van der Waals surface area contributed by atoms with E-state index >= 15 is 0 Å². The molecule has 8 nitrogen and oxygen atoms in total. The Morgan fingerprint density at radius 3 is 2.47 bits per heavy atom. The summed E-state index contributed by atoms with van der Waals surface area (Å²) >= 11 is 0. The van der Waals surface area contributed by atoms with E-state index in [1.807, 2.05) is 22.9 Å². The van der Waals surface area contributed by atoms with Crippen molar-refractivity contribution in [1.29, 1.82) is 0 Å². The highest BCUT2D eigenvalue weighted by molar-refractivity contribution is 5.77. The van der Waals surface area contributed by atoms with Gasteiger partial charge in [0, 0.05) is 24.6 Å². The van der Waals surface area contributed by atoms with Gasteiger partial charge < -0.3 is 0 Å². The van der Waals surface area contributed by atoms with Crippen LogP contribution in [0, 0.1) is 0 Å². The Morgan fingerprint density at radius 1 is 0.853 bits per heavy atom. The number of nitrogens with zero attached hydrogens (tertiary/aromatic N) is 7. The lowest BCUT2D eigenvalue weighted by Gasteiger charge is -2.08. The van der Waals surface area contributed by atoms with Crippen molar-refractivity contribution in [2.45, 2.75) is 39.2 Å². The van der Waals surface area contributed by atoms with Crippen molar-refractivity contribution in [3.05, 3.63) is 95.7 Å². The van der Waals surface area contributed by atoms with Gasteiger partial charge in [-0.25, -0.2) is 9.67 Å².